The second kappa shape index (κ2) is 7.34. The van der Waals surface area contributed by atoms with Crippen LogP contribution < -0.4 is 10.2 Å². The molecule has 1 aliphatic heterocycles. The molecule has 4 nitrogen and oxygen atoms in total. The molecule has 1 fully saturated rings. The van der Waals surface area contributed by atoms with Gasteiger partial charge in [0, 0.05) is 10.0 Å². The Bertz CT molecular complexity index is 745. The molecule has 0 aromatic heterocycles. The van der Waals surface area contributed by atoms with E-state index < -0.39 is 6.04 Å². The predicted molar refractivity (Wildman–Crippen MR) is 95.5 cm³/mol. The number of nitrogens with zero attached hydrogens (tertiary/aromatic N) is 1. The summed E-state index contributed by atoms with van der Waals surface area (Å²) in [6.07, 6.45) is 0.929. The average molecular weight is 363 g/mol. The first-order valence-electron chi connectivity index (χ1n) is 7.65. The van der Waals surface area contributed by atoms with Crippen molar-refractivity contribution in [3.63, 3.8) is 0 Å². The zero-order valence-corrected chi connectivity index (χ0v) is 14.3. The Kier molecular flexibility index (Phi) is 5.19. The van der Waals surface area contributed by atoms with Crippen molar-refractivity contribution >= 4 is 40.7 Å². The monoisotopic (exact) mass is 362 g/mol. The van der Waals surface area contributed by atoms with E-state index in [1.165, 1.54) is 4.90 Å². The van der Waals surface area contributed by atoms with Crippen molar-refractivity contribution in [2.24, 2.45) is 0 Å². The first-order chi connectivity index (χ1) is 11.5. The zero-order valence-electron chi connectivity index (χ0n) is 12.8. The molecule has 0 saturated carbocycles. The Morgan fingerprint density at radius 2 is 1.54 bits per heavy atom. The number of amides is 2. The van der Waals surface area contributed by atoms with Crippen LogP contribution in [0.25, 0.3) is 0 Å². The van der Waals surface area contributed by atoms with Gasteiger partial charge in [0.05, 0.1) is 18.2 Å². The zero-order chi connectivity index (χ0) is 17.1. The van der Waals surface area contributed by atoms with Gasteiger partial charge in [-0.3, -0.25) is 9.59 Å². The van der Waals surface area contributed by atoms with Gasteiger partial charge in [0.25, 0.3) is 5.91 Å². The summed E-state index contributed by atoms with van der Waals surface area (Å²) in [6.45, 7) is 0.611. The number of benzene rings is 2. The van der Waals surface area contributed by atoms with Crippen molar-refractivity contribution in [3.05, 3.63) is 64.1 Å². The predicted octanol–water partition coefficient (Wildman–Crippen LogP) is 3.46. The molecule has 24 heavy (non-hydrogen) atoms. The topological polar surface area (TPSA) is 49.4 Å². The Labute approximate surface area is 150 Å². The summed E-state index contributed by atoms with van der Waals surface area (Å²) < 4.78 is 0. The van der Waals surface area contributed by atoms with Gasteiger partial charge in [-0.2, -0.15) is 0 Å². The number of nitrogens with one attached hydrogen (secondary N) is 1. The normalized spacial score (nSPS) is 17.6. The van der Waals surface area contributed by atoms with Crippen molar-refractivity contribution in [1.82, 2.24) is 5.32 Å². The summed E-state index contributed by atoms with van der Waals surface area (Å²) in [6, 6.07) is 13.8. The van der Waals surface area contributed by atoms with E-state index in [1.54, 1.807) is 24.3 Å². The fourth-order valence-electron chi connectivity index (χ4n) is 2.69. The van der Waals surface area contributed by atoms with Gasteiger partial charge in [0.2, 0.25) is 5.91 Å². The standard InChI is InChI=1S/C18H16Cl2N2O2/c19-13-3-1-12(2-4-13)9-10-21-16-11-17(23)22(18(16)24)15-7-5-14(20)6-8-15/h1-8,16,21H,9-11H2. The van der Waals surface area contributed by atoms with E-state index in [0.717, 1.165) is 12.0 Å². The largest absolute Gasteiger partial charge is 0.305 e. The Morgan fingerprint density at radius 3 is 2.17 bits per heavy atom. The molecule has 124 valence electrons. The van der Waals surface area contributed by atoms with Crippen molar-refractivity contribution in [3.8, 4) is 0 Å². The summed E-state index contributed by atoms with van der Waals surface area (Å²) in [4.78, 5) is 25.9. The molecule has 3 rings (SSSR count). The number of rotatable bonds is 5. The Balaban J connectivity index is 1.59. The van der Waals surface area contributed by atoms with Crippen LogP contribution in [0, 0.1) is 0 Å². The van der Waals surface area contributed by atoms with Gasteiger partial charge in [-0.25, -0.2) is 4.90 Å². The van der Waals surface area contributed by atoms with E-state index in [9.17, 15) is 9.59 Å². The van der Waals surface area contributed by atoms with Gasteiger partial charge in [0.15, 0.2) is 0 Å². The number of imide groups is 1. The van der Waals surface area contributed by atoms with E-state index in [1.807, 2.05) is 24.3 Å². The number of hydrogen-bond acceptors (Lipinski definition) is 3. The minimum absolute atomic E-state index is 0.169. The van der Waals surface area contributed by atoms with Crippen molar-refractivity contribution in [2.45, 2.75) is 18.9 Å². The molecular weight excluding hydrogens is 347 g/mol. The van der Waals surface area contributed by atoms with Crippen molar-refractivity contribution < 1.29 is 9.59 Å². The maximum atomic E-state index is 12.5. The first kappa shape index (κ1) is 17.0. The fourth-order valence-corrected chi connectivity index (χ4v) is 2.95. The van der Waals surface area contributed by atoms with Crippen LogP contribution in [0.3, 0.4) is 0 Å². The lowest BCUT2D eigenvalue weighted by Crippen LogP contribution is -2.39. The Morgan fingerprint density at radius 1 is 0.958 bits per heavy atom. The first-order valence-corrected chi connectivity index (χ1v) is 8.40. The summed E-state index contributed by atoms with van der Waals surface area (Å²) in [7, 11) is 0. The maximum absolute atomic E-state index is 12.5. The molecule has 2 aromatic rings. The van der Waals surface area contributed by atoms with Crippen LogP contribution in [0.2, 0.25) is 10.0 Å². The van der Waals surface area contributed by atoms with Crippen LogP contribution in [0.4, 0.5) is 5.69 Å². The van der Waals surface area contributed by atoms with Gasteiger partial charge >= 0.3 is 0 Å². The number of anilines is 1. The third kappa shape index (κ3) is 3.78. The molecule has 0 aliphatic carbocycles. The number of halogens is 2. The molecule has 0 radical (unpaired) electrons. The van der Waals surface area contributed by atoms with Crippen LogP contribution in [-0.2, 0) is 16.0 Å². The second-order valence-corrected chi connectivity index (χ2v) is 6.50. The molecule has 1 atom stereocenters. The lowest BCUT2D eigenvalue weighted by molar-refractivity contribution is -0.121. The van der Waals surface area contributed by atoms with Crippen LogP contribution in [0.15, 0.2) is 48.5 Å². The van der Waals surface area contributed by atoms with Gasteiger partial charge in [0.1, 0.15) is 0 Å². The summed E-state index contributed by atoms with van der Waals surface area (Å²) >= 11 is 11.7. The van der Waals surface area contributed by atoms with E-state index in [-0.39, 0.29) is 18.2 Å². The molecule has 0 bridgehead atoms. The lowest BCUT2D eigenvalue weighted by atomic mass is 10.1. The summed E-state index contributed by atoms with van der Waals surface area (Å²) in [5.41, 5.74) is 1.68. The summed E-state index contributed by atoms with van der Waals surface area (Å²) in [5.74, 6) is -0.426. The van der Waals surface area contributed by atoms with Gasteiger partial charge < -0.3 is 5.32 Å². The Hall–Kier alpha value is -1.88. The van der Waals surface area contributed by atoms with E-state index in [0.29, 0.717) is 22.3 Å². The van der Waals surface area contributed by atoms with E-state index in [2.05, 4.69) is 5.32 Å². The molecule has 1 heterocycles. The molecule has 0 spiro atoms. The molecule has 1 saturated heterocycles. The second-order valence-electron chi connectivity index (χ2n) is 5.63. The highest BCUT2D eigenvalue weighted by atomic mass is 35.5. The highest BCUT2D eigenvalue weighted by molar-refractivity contribution is 6.31. The van der Waals surface area contributed by atoms with Crippen LogP contribution in [0.1, 0.15) is 12.0 Å². The number of carbonyl (C=O) groups excluding carboxylic acids is 2. The van der Waals surface area contributed by atoms with Crippen LogP contribution in [-0.4, -0.2) is 24.4 Å². The highest BCUT2D eigenvalue weighted by Crippen LogP contribution is 2.24. The minimum Gasteiger partial charge on any atom is -0.305 e. The molecule has 1 unspecified atom stereocenters. The van der Waals surface area contributed by atoms with E-state index >= 15 is 0 Å². The van der Waals surface area contributed by atoms with Gasteiger partial charge in [-0.15, -0.1) is 0 Å². The molecule has 2 amide bonds. The van der Waals surface area contributed by atoms with Gasteiger partial charge in [-0.1, -0.05) is 35.3 Å². The number of carbonyl (C=O) groups is 2. The van der Waals surface area contributed by atoms with Gasteiger partial charge in [-0.05, 0) is 54.9 Å². The minimum atomic E-state index is -0.486. The summed E-state index contributed by atoms with van der Waals surface area (Å²) in [5, 5.41) is 4.43. The van der Waals surface area contributed by atoms with E-state index in [4.69, 9.17) is 23.2 Å². The quantitative estimate of drug-likeness (QED) is 0.828. The third-order valence-electron chi connectivity index (χ3n) is 3.95. The maximum Gasteiger partial charge on any atom is 0.251 e. The molecule has 2 aromatic carbocycles. The van der Waals surface area contributed by atoms with Crippen molar-refractivity contribution in [2.75, 3.05) is 11.4 Å². The fraction of sp³-hybridized carbons (Fsp3) is 0.222. The van der Waals surface area contributed by atoms with Crippen LogP contribution in [0.5, 0.6) is 0 Å². The molecular formula is C18H16Cl2N2O2. The molecule has 1 aliphatic rings. The molecule has 6 heteroatoms. The highest BCUT2D eigenvalue weighted by Gasteiger charge is 2.39. The van der Waals surface area contributed by atoms with Crippen LogP contribution >= 0.6 is 23.2 Å². The lowest BCUT2D eigenvalue weighted by Gasteiger charge is -2.15. The SMILES string of the molecule is O=C1CC(NCCc2ccc(Cl)cc2)C(=O)N1c1ccc(Cl)cc1. The number of hydrogen-bond donors (Lipinski definition) is 1. The average Bonchev–Trinajstić information content (AvgIpc) is 2.85. The smallest absolute Gasteiger partial charge is 0.251 e. The van der Waals surface area contributed by atoms with Crippen molar-refractivity contribution in [1.29, 1.82) is 0 Å². The molecule has 1 N–H and O–H groups in total. The third-order valence-corrected chi connectivity index (χ3v) is 4.45.